The van der Waals surface area contributed by atoms with E-state index in [4.69, 9.17) is 4.74 Å². The highest BCUT2D eigenvalue weighted by Gasteiger charge is 2.23. The Labute approximate surface area is 86.4 Å². The average molecular weight is 199 g/mol. The van der Waals surface area contributed by atoms with Crippen LogP contribution < -0.4 is 0 Å². The van der Waals surface area contributed by atoms with E-state index in [0.717, 1.165) is 13.0 Å². The van der Waals surface area contributed by atoms with Gasteiger partial charge in [0, 0.05) is 12.5 Å². The van der Waals surface area contributed by atoms with Crippen molar-refractivity contribution in [2.45, 2.75) is 45.6 Å². The van der Waals surface area contributed by atoms with Gasteiger partial charge in [-0.05, 0) is 39.3 Å². The predicted octanol–water partition coefficient (Wildman–Crippen LogP) is 1.81. The van der Waals surface area contributed by atoms with Gasteiger partial charge in [0.05, 0.1) is 6.61 Å². The molecule has 0 radical (unpaired) electrons. The molecule has 1 rings (SSSR count). The summed E-state index contributed by atoms with van der Waals surface area (Å²) in [6.07, 6.45) is 4.07. The van der Waals surface area contributed by atoms with Crippen molar-refractivity contribution in [1.82, 2.24) is 4.90 Å². The Bertz CT molecular complexity index is 182. The van der Waals surface area contributed by atoms with Crippen LogP contribution >= 0.6 is 0 Å². The van der Waals surface area contributed by atoms with Gasteiger partial charge < -0.3 is 9.64 Å². The first kappa shape index (κ1) is 11.5. The van der Waals surface area contributed by atoms with Crippen LogP contribution in [0.5, 0.6) is 0 Å². The zero-order valence-electron chi connectivity index (χ0n) is 9.29. The SMILES string of the molecule is CCOC(=O)CCC1CCCN1CC. The highest BCUT2D eigenvalue weighted by Crippen LogP contribution is 2.20. The van der Waals surface area contributed by atoms with Crippen LogP contribution in [0.25, 0.3) is 0 Å². The molecule has 1 saturated heterocycles. The molecule has 1 aliphatic rings. The van der Waals surface area contributed by atoms with Crippen LogP contribution in [0, 0.1) is 0 Å². The third kappa shape index (κ3) is 3.29. The number of nitrogens with zero attached hydrogens (tertiary/aromatic N) is 1. The third-order valence-electron chi connectivity index (χ3n) is 2.89. The van der Waals surface area contributed by atoms with Gasteiger partial charge in [-0.25, -0.2) is 0 Å². The van der Waals surface area contributed by atoms with E-state index < -0.39 is 0 Å². The van der Waals surface area contributed by atoms with E-state index in [-0.39, 0.29) is 5.97 Å². The number of rotatable bonds is 5. The van der Waals surface area contributed by atoms with E-state index >= 15 is 0 Å². The van der Waals surface area contributed by atoms with Crippen LogP contribution in [0.3, 0.4) is 0 Å². The quantitative estimate of drug-likeness (QED) is 0.632. The summed E-state index contributed by atoms with van der Waals surface area (Å²) < 4.78 is 4.91. The Morgan fingerprint density at radius 1 is 1.50 bits per heavy atom. The van der Waals surface area contributed by atoms with E-state index in [2.05, 4.69) is 11.8 Å². The Kier molecular flexibility index (Phi) is 4.94. The number of ether oxygens (including phenoxy) is 1. The molecule has 0 aromatic heterocycles. The summed E-state index contributed by atoms with van der Waals surface area (Å²) >= 11 is 0. The first-order chi connectivity index (χ1) is 6.77. The van der Waals surface area contributed by atoms with Crippen LogP contribution in [0.1, 0.15) is 39.5 Å². The van der Waals surface area contributed by atoms with E-state index in [1.165, 1.54) is 19.4 Å². The molecule has 1 unspecified atom stereocenters. The van der Waals surface area contributed by atoms with Crippen LogP contribution in [0.4, 0.5) is 0 Å². The Balaban J connectivity index is 2.20. The molecule has 0 aromatic carbocycles. The van der Waals surface area contributed by atoms with E-state index in [0.29, 0.717) is 19.1 Å². The number of carbonyl (C=O) groups is 1. The average Bonchev–Trinajstić information content (AvgIpc) is 2.62. The van der Waals surface area contributed by atoms with Crippen molar-refractivity contribution in [2.75, 3.05) is 19.7 Å². The molecule has 82 valence electrons. The maximum Gasteiger partial charge on any atom is 0.305 e. The molecule has 14 heavy (non-hydrogen) atoms. The number of likely N-dealkylation sites (tertiary alicyclic amines) is 1. The van der Waals surface area contributed by atoms with Crippen LogP contribution in [-0.2, 0) is 9.53 Å². The zero-order chi connectivity index (χ0) is 10.4. The smallest absolute Gasteiger partial charge is 0.305 e. The Morgan fingerprint density at radius 3 is 2.93 bits per heavy atom. The maximum atomic E-state index is 11.2. The minimum absolute atomic E-state index is 0.0459. The zero-order valence-corrected chi connectivity index (χ0v) is 9.29. The van der Waals surface area contributed by atoms with E-state index in [1.54, 1.807) is 0 Å². The van der Waals surface area contributed by atoms with Gasteiger partial charge in [-0.2, -0.15) is 0 Å². The van der Waals surface area contributed by atoms with Crippen molar-refractivity contribution in [3.8, 4) is 0 Å². The number of esters is 1. The van der Waals surface area contributed by atoms with Gasteiger partial charge in [0.2, 0.25) is 0 Å². The van der Waals surface area contributed by atoms with Gasteiger partial charge >= 0.3 is 5.97 Å². The second-order valence-electron chi connectivity index (χ2n) is 3.77. The fraction of sp³-hybridized carbons (Fsp3) is 0.909. The molecule has 3 heteroatoms. The van der Waals surface area contributed by atoms with Gasteiger partial charge in [0.25, 0.3) is 0 Å². The molecule has 3 nitrogen and oxygen atoms in total. The lowest BCUT2D eigenvalue weighted by molar-refractivity contribution is -0.143. The summed E-state index contributed by atoms with van der Waals surface area (Å²) in [5.41, 5.74) is 0. The summed E-state index contributed by atoms with van der Waals surface area (Å²) in [6.45, 7) is 6.84. The van der Waals surface area contributed by atoms with Crippen molar-refractivity contribution in [1.29, 1.82) is 0 Å². The molecule has 0 bridgehead atoms. The van der Waals surface area contributed by atoms with Crippen molar-refractivity contribution < 1.29 is 9.53 Å². The Morgan fingerprint density at radius 2 is 2.29 bits per heavy atom. The summed E-state index contributed by atoms with van der Waals surface area (Å²) in [5.74, 6) is -0.0459. The van der Waals surface area contributed by atoms with Gasteiger partial charge in [0.1, 0.15) is 0 Å². The van der Waals surface area contributed by atoms with E-state index in [1.807, 2.05) is 6.92 Å². The molecular weight excluding hydrogens is 178 g/mol. The summed E-state index contributed by atoms with van der Waals surface area (Å²) in [5, 5.41) is 0. The highest BCUT2D eigenvalue weighted by atomic mass is 16.5. The second kappa shape index (κ2) is 6.02. The standard InChI is InChI=1S/C11H21NO2/c1-3-12-9-5-6-10(12)7-8-11(13)14-4-2/h10H,3-9H2,1-2H3. The molecule has 1 fully saturated rings. The lowest BCUT2D eigenvalue weighted by Crippen LogP contribution is -2.29. The highest BCUT2D eigenvalue weighted by molar-refractivity contribution is 5.69. The number of hydrogen-bond acceptors (Lipinski definition) is 3. The molecule has 0 spiro atoms. The van der Waals surface area contributed by atoms with Crippen molar-refractivity contribution in [2.24, 2.45) is 0 Å². The first-order valence-corrected chi connectivity index (χ1v) is 5.67. The Hall–Kier alpha value is -0.570. The van der Waals surface area contributed by atoms with Crippen molar-refractivity contribution >= 4 is 5.97 Å². The molecule has 0 aliphatic carbocycles. The minimum Gasteiger partial charge on any atom is -0.466 e. The van der Waals surface area contributed by atoms with Crippen LogP contribution in [0.15, 0.2) is 0 Å². The topological polar surface area (TPSA) is 29.5 Å². The maximum absolute atomic E-state index is 11.2. The molecular formula is C11H21NO2. The van der Waals surface area contributed by atoms with Crippen LogP contribution in [-0.4, -0.2) is 36.6 Å². The number of carbonyl (C=O) groups excluding carboxylic acids is 1. The normalized spacial score (nSPS) is 22.6. The summed E-state index contributed by atoms with van der Waals surface area (Å²) in [6, 6.07) is 0.615. The largest absolute Gasteiger partial charge is 0.466 e. The predicted molar refractivity (Wildman–Crippen MR) is 56.1 cm³/mol. The summed E-state index contributed by atoms with van der Waals surface area (Å²) in [7, 11) is 0. The van der Waals surface area contributed by atoms with Crippen molar-refractivity contribution in [3.05, 3.63) is 0 Å². The van der Waals surface area contributed by atoms with Gasteiger partial charge in [-0.3, -0.25) is 4.79 Å². The van der Waals surface area contributed by atoms with E-state index in [9.17, 15) is 4.79 Å². The van der Waals surface area contributed by atoms with Crippen LogP contribution in [0.2, 0.25) is 0 Å². The molecule has 1 aliphatic heterocycles. The summed E-state index contributed by atoms with van der Waals surface area (Å²) in [4.78, 5) is 13.6. The molecule has 0 amide bonds. The molecule has 1 heterocycles. The lowest BCUT2D eigenvalue weighted by atomic mass is 10.1. The lowest BCUT2D eigenvalue weighted by Gasteiger charge is -2.21. The van der Waals surface area contributed by atoms with Gasteiger partial charge in [-0.1, -0.05) is 6.92 Å². The third-order valence-corrected chi connectivity index (χ3v) is 2.89. The fourth-order valence-corrected chi connectivity index (χ4v) is 2.16. The minimum atomic E-state index is -0.0459. The molecule has 1 atom stereocenters. The fourth-order valence-electron chi connectivity index (χ4n) is 2.16. The molecule has 0 saturated carbocycles. The second-order valence-corrected chi connectivity index (χ2v) is 3.77. The van der Waals surface area contributed by atoms with Gasteiger partial charge in [0.15, 0.2) is 0 Å². The molecule has 0 aromatic rings. The van der Waals surface area contributed by atoms with Crippen molar-refractivity contribution in [3.63, 3.8) is 0 Å². The monoisotopic (exact) mass is 199 g/mol. The van der Waals surface area contributed by atoms with Gasteiger partial charge in [-0.15, -0.1) is 0 Å². The number of hydrogen-bond donors (Lipinski definition) is 0. The first-order valence-electron chi connectivity index (χ1n) is 5.67. The molecule has 0 N–H and O–H groups in total.